The predicted molar refractivity (Wildman–Crippen MR) is 77.7 cm³/mol. The first-order valence-electron chi connectivity index (χ1n) is 8.06. The number of halogens is 1. The molecule has 0 fully saturated rings. The minimum atomic E-state index is -0.638. The van der Waals surface area contributed by atoms with Gasteiger partial charge in [0, 0.05) is 6.61 Å². The number of hydrogen-bond donors (Lipinski definition) is 1. The third-order valence-electron chi connectivity index (χ3n) is 3.55. The third kappa shape index (κ3) is 14.0. The number of alkyl halides is 1. The average Bonchev–Trinajstić information content (AvgIpc) is 2.37. The Hall–Kier alpha value is -0.110. The van der Waals surface area contributed by atoms with E-state index in [1.54, 1.807) is 0 Å². The largest absolute Gasteiger partial charge is 0.396 e. The molecule has 1 atom stereocenters. The molecule has 0 bridgehead atoms. The SMILES string of the molecule is CCCCCCCCCCC[C@@H](F)CCCCO. The van der Waals surface area contributed by atoms with E-state index >= 15 is 0 Å². The van der Waals surface area contributed by atoms with Gasteiger partial charge < -0.3 is 5.11 Å². The maximum absolute atomic E-state index is 13.4. The molecule has 0 spiro atoms. The molecule has 110 valence electrons. The summed E-state index contributed by atoms with van der Waals surface area (Å²) in [5.41, 5.74) is 0. The van der Waals surface area contributed by atoms with E-state index in [9.17, 15) is 4.39 Å². The molecule has 0 aromatic rings. The van der Waals surface area contributed by atoms with E-state index < -0.39 is 6.17 Å². The Morgan fingerprint density at radius 2 is 1.17 bits per heavy atom. The lowest BCUT2D eigenvalue weighted by Gasteiger charge is -2.07. The molecule has 18 heavy (non-hydrogen) atoms. The van der Waals surface area contributed by atoms with Crippen LogP contribution in [0, 0.1) is 0 Å². The second-order valence-corrected chi connectivity index (χ2v) is 5.43. The lowest BCUT2D eigenvalue weighted by Crippen LogP contribution is -2.00. The minimum absolute atomic E-state index is 0.199. The van der Waals surface area contributed by atoms with Crippen molar-refractivity contribution in [2.45, 2.75) is 96.6 Å². The van der Waals surface area contributed by atoms with Crippen LogP contribution >= 0.6 is 0 Å². The van der Waals surface area contributed by atoms with E-state index in [2.05, 4.69) is 6.92 Å². The first kappa shape index (κ1) is 17.9. The molecule has 0 aromatic carbocycles. The minimum Gasteiger partial charge on any atom is -0.396 e. The zero-order valence-electron chi connectivity index (χ0n) is 12.3. The number of rotatable bonds is 14. The van der Waals surface area contributed by atoms with Gasteiger partial charge in [0.2, 0.25) is 0 Å². The summed E-state index contributed by atoms with van der Waals surface area (Å²) in [4.78, 5) is 0. The highest BCUT2D eigenvalue weighted by atomic mass is 19.1. The van der Waals surface area contributed by atoms with E-state index in [0.717, 1.165) is 25.7 Å². The maximum atomic E-state index is 13.4. The molecule has 0 amide bonds. The fourth-order valence-corrected chi connectivity index (χ4v) is 2.30. The van der Waals surface area contributed by atoms with Gasteiger partial charge in [0.05, 0.1) is 0 Å². The van der Waals surface area contributed by atoms with Crippen molar-refractivity contribution in [1.82, 2.24) is 0 Å². The Morgan fingerprint density at radius 3 is 1.67 bits per heavy atom. The number of hydrogen-bond acceptors (Lipinski definition) is 1. The highest BCUT2D eigenvalue weighted by Gasteiger charge is 2.05. The van der Waals surface area contributed by atoms with Crippen molar-refractivity contribution in [3.63, 3.8) is 0 Å². The van der Waals surface area contributed by atoms with Crippen LogP contribution in [0.5, 0.6) is 0 Å². The maximum Gasteiger partial charge on any atom is 0.100 e. The monoisotopic (exact) mass is 260 g/mol. The van der Waals surface area contributed by atoms with Crippen LogP contribution in [0.1, 0.15) is 90.4 Å². The second kappa shape index (κ2) is 14.9. The van der Waals surface area contributed by atoms with Gasteiger partial charge in [0.25, 0.3) is 0 Å². The standard InChI is InChI=1S/C16H33FO/c1-2-3-4-5-6-7-8-9-10-13-16(17)14-11-12-15-18/h16,18H,2-15H2,1H3/t16-/m1/s1. The molecule has 1 N–H and O–H groups in total. The summed E-state index contributed by atoms with van der Waals surface area (Å²) in [6.45, 7) is 2.44. The Morgan fingerprint density at radius 1 is 0.722 bits per heavy atom. The van der Waals surface area contributed by atoms with Crippen molar-refractivity contribution in [3.8, 4) is 0 Å². The zero-order chi connectivity index (χ0) is 13.5. The molecule has 0 radical (unpaired) electrons. The van der Waals surface area contributed by atoms with Crippen LogP contribution in [0.3, 0.4) is 0 Å². The molecule has 2 heteroatoms. The molecule has 0 unspecified atom stereocenters. The first-order valence-corrected chi connectivity index (χ1v) is 8.06. The molecule has 0 rings (SSSR count). The topological polar surface area (TPSA) is 20.2 Å². The van der Waals surface area contributed by atoms with Crippen LogP contribution in [-0.4, -0.2) is 17.9 Å². The number of aliphatic hydroxyl groups is 1. The van der Waals surface area contributed by atoms with Gasteiger partial charge >= 0.3 is 0 Å². The summed E-state index contributed by atoms with van der Waals surface area (Å²) in [5, 5.41) is 8.61. The van der Waals surface area contributed by atoms with Crippen molar-refractivity contribution in [2.24, 2.45) is 0 Å². The molecule has 0 aliphatic carbocycles. The first-order chi connectivity index (χ1) is 8.81. The van der Waals surface area contributed by atoms with Gasteiger partial charge in [0.15, 0.2) is 0 Å². The molecule has 0 aliphatic rings. The molecule has 0 saturated heterocycles. The fraction of sp³-hybridized carbons (Fsp3) is 1.00. The van der Waals surface area contributed by atoms with Gasteiger partial charge in [-0.3, -0.25) is 0 Å². The van der Waals surface area contributed by atoms with Crippen LogP contribution in [-0.2, 0) is 0 Å². The smallest absolute Gasteiger partial charge is 0.100 e. The van der Waals surface area contributed by atoms with E-state index in [1.807, 2.05) is 0 Å². The van der Waals surface area contributed by atoms with E-state index in [-0.39, 0.29) is 6.61 Å². The molecular weight excluding hydrogens is 227 g/mol. The lowest BCUT2D eigenvalue weighted by atomic mass is 10.0. The summed E-state index contributed by atoms with van der Waals surface area (Å²) in [6.07, 6.45) is 13.9. The van der Waals surface area contributed by atoms with Crippen molar-refractivity contribution < 1.29 is 9.50 Å². The predicted octanol–water partition coefficient (Wildman–Crippen LogP) is 5.41. The number of unbranched alkanes of at least 4 members (excludes halogenated alkanes) is 9. The van der Waals surface area contributed by atoms with E-state index in [4.69, 9.17) is 5.11 Å². The summed E-state index contributed by atoms with van der Waals surface area (Å²) < 4.78 is 13.4. The third-order valence-corrected chi connectivity index (χ3v) is 3.55. The molecule has 0 heterocycles. The second-order valence-electron chi connectivity index (χ2n) is 5.43. The fourth-order valence-electron chi connectivity index (χ4n) is 2.30. The van der Waals surface area contributed by atoms with Crippen LogP contribution in [0.15, 0.2) is 0 Å². The summed E-state index contributed by atoms with van der Waals surface area (Å²) in [7, 11) is 0. The van der Waals surface area contributed by atoms with Crippen molar-refractivity contribution in [2.75, 3.05) is 6.61 Å². The molecule has 0 saturated carbocycles. The lowest BCUT2D eigenvalue weighted by molar-refractivity contribution is 0.251. The van der Waals surface area contributed by atoms with Gasteiger partial charge in [0.1, 0.15) is 6.17 Å². The quantitative estimate of drug-likeness (QED) is 0.414. The van der Waals surface area contributed by atoms with Crippen LogP contribution in [0.2, 0.25) is 0 Å². The summed E-state index contributed by atoms with van der Waals surface area (Å²) in [6, 6.07) is 0. The molecule has 0 aromatic heterocycles. The molecule has 1 nitrogen and oxygen atoms in total. The summed E-state index contributed by atoms with van der Waals surface area (Å²) >= 11 is 0. The highest BCUT2D eigenvalue weighted by molar-refractivity contribution is 4.57. The van der Waals surface area contributed by atoms with Gasteiger partial charge in [-0.25, -0.2) is 4.39 Å². The van der Waals surface area contributed by atoms with E-state index in [0.29, 0.717) is 6.42 Å². The zero-order valence-corrected chi connectivity index (χ0v) is 12.3. The molecular formula is C16H33FO. The van der Waals surface area contributed by atoms with Gasteiger partial charge in [-0.2, -0.15) is 0 Å². The Labute approximate surface area is 113 Å². The van der Waals surface area contributed by atoms with Crippen molar-refractivity contribution in [1.29, 1.82) is 0 Å². The van der Waals surface area contributed by atoms with Crippen molar-refractivity contribution in [3.05, 3.63) is 0 Å². The van der Waals surface area contributed by atoms with Gasteiger partial charge in [-0.1, -0.05) is 64.7 Å². The normalized spacial score (nSPS) is 12.8. The van der Waals surface area contributed by atoms with Crippen LogP contribution in [0.4, 0.5) is 4.39 Å². The molecule has 0 aliphatic heterocycles. The van der Waals surface area contributed by atoms with Crippen LogP contribution in [0.25, 0.3) is 0 Å². The van der Waals surface area contributed by atoms with Gasteiger partial charge in [-0.05, 0) is 25.7 Å². The number of aliphatic hydroxyl groups excluding tert-OH is 1. The van der Waals surface area contributed by atoms with E-state index in [1.165, 1.54) is 51.4 Å². The Bertz CT molecular complexity index is 150. The Kier molecular flexibility index (Phi) is 14.9. The average molecular weight is 260 g/mol. The van der Waals surface area contributed by atoms with Crippen LogP contribution < -0.4 is 0 Å². The summed E-state index contributed by atoms with van der Waals surface area (Å²) in [5.74, 6) is 0. The van der Waals surface area contributed by atoms with Gasteiger partial charge in [-0.15, -0.1) is 0 Å². The van der Waals surface area contributed by atoms with Crippen molar-refractivity contribution >= 4 is 0 Å². The Balaban J connectivity index is 3.05. The highest BCUT2D eigenvalue weighted by Crippen LogP contribution is 2.15.